The van der Waals surface area contributed by atoms with Gasteiger partial charge < -0.3 is 10.6 Å². The zero-order valence-electron chi connectivity index (χ0n) is 13.1. The second kappa shape index (κ2) is 6.08. The number of rotatable bonds is 5. The monoisotopic (exact) mass is 315 g/mol. The van der Waals surface area contributed by atoms with E-state index in [2.05, 4.69) is 40.9 Å². The maximum absolute atomic E-state index is 11.7. The maximum Gasteiger partial charge on any atom is 0.231 e. The first kappa shape index (κ1) is 15.0. The molecule has 0 unspecified atom stereocenters. The highest BCUT2D eigenvalue weighted by atomic mass is 32.1. The average molecular weight is 315 g/mol. The number of hydrogen-bond donors (Lipinski definition) is 2. The third-order valence-electron chi connectivity index (χ3n) is 3.97. The molecule has 2 aromatic rings. The van der Waals surface area contributed by atoms with Gasteiger partial charge in [0.05, 0.1) is 11.6 Å². The number of carbonyl (C=O) groups excluding carboxylic acids is 1. The predicted octanol–water partition coefficient (Wildman–Crippen LogP) is 4.32. The third-order valence-corrected chi connectivity index (χ3v) is 4.77. The summed E-state index contributed by atoms with van der Waals surface area (Å²) in [5.74, 6) is 0.675. The first-order valence-corrected chi connectivity index (χ1v) is 8.57. The SMILES string of the molecule is CC(C)CCNc1nc(-c2ccc3c(c2)[C@@H](C)C(=O)N3)cs1. The van der Waals surface area contributed by atoms with Crippen LogP contribution in [0, 0.1) is 5.92 Å². The second-order valence-corrected chi connectivity index (χ2v) is 7.02. The van der Waals surface area contributed by atoms with Gasteiger partial charge in [-0.25, -0.2) is 4.98 Å². The molecule has 3 rings (SSSR count). The van der Waals surface area contributed by atoms with Crippen molar-refractivity contribution in [2.24, 2.45) is 5.92 Å². The summed E-state index contributed by atoms with van der Waals surface area (Å²) in [5, 5.41) is 9.30. The fraction of sp³-hybridized carbons (Fsp3) is 0.412. The molecule has 0 fully saturated rings. The van der Waals surface area contributed by atoms with E-state index in [-0.39, 0.29) is 11.8 Å². The van der Waals surface area contributed by atoms with E-state index in [1.807, 2.05) is 19.1 Å². The van der Waals surface area contributed by atoms with Crippen LogP contribution in [-0.4, -0.2) is 17.4 Å². The van der Waals surface area contributed by atoms with Gasteiger partial charge in [0.25, 0.3) is 0 Å². The molecule has 1 atom stereocenters. The lowest BCUT2D eigenvalue weighted by atomic mass is 10.00. The van der Waals surface area contributed by atoms with Gasteiger partial charge in [-0.1, -0.05) is 19.9 Å². The molecule has 1 amide bonds. The Labute approximate surface area is 135 Å². The minimum Gasteiger partial charge on any atom is -0.361 e. The Balaban J connectivity index is 1.76. The lowest BCUT2D eigenvalue weighted by Crippen LogP contribution is -2.08. The standard InChI is InChI=1S/C17H21N3OS/c1-10(2)6-7-18-17-20-15(9-22-17)12-4-5-14-13(8-12)11(3)16(21)19-14/h4-5,8-11H,6-7H2,1-3H3,(H,18,20)(H,19,21)/t11-/m1/s1. The van der Waals surface area contributed by atoms with Gasteiger partial charge in [-0.2, -0.15) is 0 Å². The Morgan fingerprint density at radius 3 is 3.00 bits per heavy atom. The Morgan fingerprint density at radius 1 is 1.41 bits per heavy atom. The van der Waals surface area contributed by atoms with Gasteiger partial charge in [-0.3, -0.25) is 4.79 Å². The van der Waals surface area contributed by atoms with E-state index in [0.717, 1.165) is 40.6 Å². The summed E-state index contributed by atoms with van der Waals surface area (Å²) in [6, 6.07) is 6.06. The van der Waals surface area contributed by atoms with Gasteiger partial charge >= 0.3 is 0 Å². The van der Waals surface area contributed by atoms with E-state index < -0.39 is 0 Å². The van der Waals surface area contributed by atoms with Crippen molar-refractivity contribution in [1.29, 1.82) is 0 Å². The van der Waals surface area contributed by atoms with Crippen LogP contribution in [0.15, 0.2) is 23.6 Å². The largest absolute Gasteiger partial charge is 0.361 e. The Hall–Kier alpha value is -1.88. The third kappa shape index (κ3) is 2.99. The molecule has 0 radical (unpaired) electrons. The van der Waals surface area contributed by atoms with Crippen LogP contribution in [0.5, 0.6) is 0 Å². The van der Waals surface area contributed by atoms with E-state index in [0.29, 0.717) is 5.92 Å². The topological polar surface area (TPSA) is 54.0 Å². The molecule has 0 saturated heterocycles. The number of aromatic nitrogens is 1. The molecule has 0 spiro atoms. The van der Waals surface area contributed by atoms with E-state index >= 15 is 0 Å². The highest BCUT2D eigenvalue weighted by molar-refractivity contribution is 7.14. The smallest absolute Gasteiger partial charge is 0.231 e. The fourth-order valence-electron chi connectivity index (χ4n) is 2.53. The van der Waals surface area contributed by atoms with E-state index in [1.165, 1.54) is 0 Å². The summed E-state index contributed by atoms with van der Waals surface area (Å²) in [6.45, 7) is 7.32. The zero-order valence-corrected chi connectivity index (χ0v) is 14.0. The molecular weight excluding hydrogens is 294 g/mol. The Morgan fingerprint density at radius 2 is 2.23 bits per heavy atom. The van der Waals surface area contributed by atoms with Crippen molar-refractivity contribution >= 4 is 28.1 Å². The van der Waals surface area contributed by atoms with Crippen molar-refractivity contribution in [3.05, 3.63) is 29.1 Å². The summed E-state index contributed by atoms with van der Waals surface area (Å²) >= 11 is 1.63. The predicted molar refractivity (Wildman–Crippen MR) is 92.5 cm³/mol. The summed E-state index contributed by atoms with van der Waals surface area (Å²) in [6.07, 6.45) is 1.14. The molecule has 0 bridgehead atoms. The summed E-state index contributed by atoms with van der Waals surface area (Å²) in [7, 11) is 0. The molecule has 1 aromatic carbocycles. The average Bonchev–Trinajstić information content (AvgIpc) is 3.05. The number of amides is 1. The van der Waals surface area contributed by atoms with Crippen LogP contribution in [-0.2, 0) is 4.79 Å². The molecule has 0 saturated carbocycles. The highest BCUT2D eigenvalue weighted by Crippen LogP contribution is 2.36. The molecule has 1 aliphatic heterocycles. The molecule has 5 heteroatoms. The van der Waals surface area contributed by atoms with Crippen molar-refractivity contribution in [2.75, 3.05) is 17.2 Å². The maximum atomic E-state index is 11.7. The van der Waals surface area contributed by atoms with Crippen LogP contribution in [0.1, 0.15) is 38.7 Å². The quantitative estimate of drug-likeness (QED) is 0.864. The van der Waals surface area contributed by atoms with Gasteiger partial charge in [0, 0.05) is 23.2 Å². The molecule has 0 aliphatic carbocycles. The van der Waals surface area contributed by atoms with Gasteiger partial charge in [0.1, 0.15) is 0 Å². The zero-order chi connectivity index (χ0) is 15.7. The van der Waals surface area contributed by atoms with E-state index in [9.17, 15) is 4.79 Å². The number of thiazole rings is 1. The molecule has 1 aromatic heterocycles. The number of carbonyl (C=O) groups is 1. The Kier molecular flexibility index (Phi) is 4.16. The van der Waals surface area contributed by atoms with Crippen LogP contribution in [0.2, 0.25) is 0 Å². The van der Waals surface area contributed by atoms with Crippen LogP contribution in [0.25, 0.3) is 11.3 Å². The van der Waals surface area contributed by atoms with Gasteiger partial charge in [0.2, 0.25) is 5.91 Å². The molecule has 2 N–H and O–H groups in total. The minimum absolute atomic E-state index is 0.0708. The number of nitrogens with one attached hydrogen (secondary N) is 2. The molecule has 1 aliphatic rings. The second-order valence-electron chi connectivity index (χ2n) is 6.16. The van der Waals surface area contributed by atoms with Gasteiger partial charge in [0.15, 0.2) is 5.13 Å². The van der Waals surface area contributed by atoms with Gasteiger partial charge in [-0.15, -0.1) is 11.3 Å². The van der Waals surface area contributed by atoms with Gasteiger partial charge in [-0.05, 0) is 37.0 Å². The summed E-state index contributed by atoms with van der Waals surface area (Å²) < 4.78 is 0. The van der Waals surface area contributed by atoms with Crippen molar-refractivity contribution in [2.45, 2.75) is 33.1 Å². The minimum atomic E-state index is -0.0859. The molecule has 2 heterocycles. The number of hydrogen-bond acceptors (Lipinski definition) is 4. The van der Waals surface area contributed by atoms with Crippen LogP contribution in [0.3, 0.4) is 0 Å². The van der Waals surface area contributed by atoms with E-state index in [1.54, 1.807) is 11.3 Å². The van der Waals surface area contributed by atoms with Crippen molar-refractivity contribution in [1.82, 2.24) is 4.98 Å². The van der Waals surface area contributed by atoms with Crippen molar-refractivity contribution in [3.63, 3.8) is 0 Å². The first-order valence-electron chi connectivity index (χ1n) is 7.69. The molecule has 4 nitrogen and oxygen atoms in total. The number of nitrogens with zero attached hydrogens (tertiary/aromatic N) is 1. The molecular formula is C17H21N3OS. The summed E-state index contributed by atoms with van der Waals surface area (Å²) in [5.41, 5.74) is 4.01. The number of anilines is 2. The number of benzene rings is 1. The van der Waals surface area contributed by atoms with Crippen LogP contribution in [0.4, 0.5) is 10.8 Å². The lowest BCUT2D eigenvalue weighted by molar-refractivity contribution is -0.116. The van der Waals surface area contributed by atoms with Crippen molar-refractivity contribution in [3.8, 4) is 11.3 Å². The Bertz CT molecular complexity index is 693. The van der Waals surface area contributed by atoms with Crippen molar-refractivity contribution < 1.29 is 4.79 Å². The highest BCUT2D eigenvalue weighted by Gasteiger charge is 2.26. The first-order chi connectivity index (χ1) is 10.5. The molecule has 22 heavy (non-hydrogen) atoms. The summed E-state index contributed by atoms with van der Waals surface area (Å²) in [4.78, 5) is 16.4. The van der Waals surface area contributed by atoms with Crippen LogP contribution < -0.4 is 10.6 Å². The lowest BCUT2D eigenvalue weighted by Gasteiger charge is -2.05. The van der Waals surface area contributed by atoms with E-state index in [4.69, 9.17) is 0 Å². The number of fused-ring (bicyclic) bond motifs is 1. The fourth-order valence-corrected chi connectivity index (χ4v) is 3.28. The molecule has 116 valence electrons. The normalized spacial score (nSPS) is 16.7. The van der Waals surface area contributed by atoms with Crippen LogP contribution >= 0.6 is 11.3 Å².